The van der Waals surface area contributed by atoms with E-state index in [-0.39, 0.29) is 6.54 Å². The SMILES string of the molecule is CNCc1sc(S(=O)(=O)NCc2ccnn2C)cc1C. The van der Waals surface area contributed by atoms with Crippen molar-refractivity contribution in [3.63, 3.8) is 0 Å². The Hall–Kier alpha value is -1.22. The van der Waals surface area contributed by atoms with Crippen LogP contribution in [0, 0.1) is 6.92 Å². The number of thiophene rings is 1. The summed E-state index contributed by atoms with van der Waals surface area (Å²) < 4.78 is 29.1. The fraction of sp³-hybridized carbons (Fsp3) is 0.417. The van der Waals surface area contributed by atoms with E-state index in [1.165, 1.54) is 11.3 Å². The second-order valence-corrected chi connectivity index (χ2v) is 7.60. The molecule has 2 aromatic heterocycles. The van der Waals surface area contributed by atoms with Crippen molar-refractivity contribution >= 4 is 21.4 Å². The minimum atomic E-state index is -3.47. The van der Waals surface area contributed by atoms with Crippen LogP contribution in [0.25, 0.3) is 0 Å². The van der Waals surface area contributed by atoms with Crippen LogP contribution >= 0.6 is 11.3 Å². The maximum atomic E-state index is 12.3. The first kappa shape index (κ1) is 15.2. The standard InChI is InChI=1S/C12H18N4O2S2/c1-9-6-12(19-11(9)8-13-2)20(17,18)15-7-10-4-5-14-16(10)3/h4-6,13,15H,7-8H2,1-3H3. The van der Waals surface area contributed by atoms with Crippen LogP contribution in [0.2, 0.25) is 0 Å². The Bertz CT molecular complexity index is 688. The molecule has 6 nitrogen and oxygen atoms in total. The lowest BCUT2D eigenvalue weighted by Crippen LogP contribution is -2.23. The summed E-state index contributed by atoms with van der Waals surface area (Å²) in [6.45, 7) is 2.83. The zero-order chi connectivity index (χ0) is 14.8. The van der Waals surface area contributed by atoms with Gasteiger partial charge in [-0.1, -0.05) is 0 Å². The first-order valence-corrected chi connectivity index (χ1v) is 8.44. The number of rotatable bonds is 6. The topological polar surface area (TPSA) is 76.0 Å². The maximum absolute atomic E-state index is 12.3. The molecule has 2 N–H and O–H groups in total. The molecule has 0 atom stereocenters. The molecule has 110 valence electrons. The highest BCUT2D eigenvalue weighted by atomic mass is 32.2. The molecule has 0 radical (unpaired) electrons. The number of aromatic nitrogens is 2. The second-order valence-electron chi connectivity index (χ2n) is 4.47. The van der Waals surface area contributed by atoms with Crippen molar-refractivity contribution in [2.75, 3.05) is 7.05 Å². The van der Waals surface area contributed by atoms with Crippen molar-refractivity contribution in [1.29, 1.82) is 0 Å². The van der Waals surface area contributed by atoms with Gasteiger partial charge in [0.05, 0.1) is 12.2 Å². The summed E-state index contributed by atoms with van der Waals surface area (Å²) in [5.74, 6) is 0. The monoisotopic (exact) mass is 314 g/mol. The van der Waals surface area contributed by atoms with Gasteiger partial charge in [-0.25, -0.2) is 13.1 Å². The molecular weight excluding hydrogens is 296 g/mol. The van der Waals surface area contributed by atoms with Gasteiger partial charge < -0.3 is 5.32 Å². The predicted molar refractivity (Wildman–Crippen MR) is 79.1 cm³/mol. The van der Waals surface area contributed by atoms with Gasteiger partial charge in [0.25, 0.3) is 0 Å². The third-order valence-electron chi connectivity index (χ3n) is 2.97. The number of aryl methyl sites for hydroxylation is 2. The van der Waals surface area contributed by atoms with Gasteiger partial charge in [-0.05, 0) is 31.7 Å². The van der Waals surface area contributed by atoms with Gasteiger partial charge in [0, 0.05) is 24.7 Å². The molecule has 0 unspecified atom stereocenters. The Labute approximate surface area is 122 Å². The summed E-state index contributed by atoms with van der Waals surface area (Å²) in [5.41, 5.74) is 1.81. The summed E-state index contributed by atoms with van der Waals surface area (Å²) in [5, 5.41) is 7.04. The highest BCUT2D eigenvalue weighted by molar-refractivity contribution is 7.91. The molecule has 20 heavy (non-hydrogen) atoms. The van der Waals surface area contributed by atoms with Crippen LogP contribution in [0.5, 0.6) is 0 Å². The molecule has 0 saturated heterocycles. The Kier molecular flexibility index (Phi) is 4.59. The molecule has 0 fully saturated rings. The molecule has 0 aliphatic carbocycles. The largest absolute Gasteiger partial charge is 0.315 e. The van der Waals surface area contributed by atoms with Crippen LogP contribution in [0.1, 0.15) is 16.1 Å². The number of nitrogens with one attached hydrogen (secondary N) is 2. The van der Waals surface area contributed by atoms with Crippen LogP contribution in [-0.2, 0) is 30.2 Å². The molecule has 0 amide bonds. The lowest BCUT2D eigenvalue weighted by atomic mass is 10.3. The molecule has 0 bridgehead atoms. The number of sulfonamides is 1. The smallest absolute Gasteiger partial charge is 0.250 e. The maximum Gasteiger partial charge on any atom is 0.250 e. The molecular formula is C12H18N4O2S2. The van der Waals surface area contributed by atoms with E-state index in [1.807, 2.05) is 14.0 Å². The molecule has 8 heteroatoms. The zero-order valence-electron chi connectivity index (χ0n) is 11.7. The second kappa shape index (κ2) is 6.04. The summed E-state index contributed by atoms with van der Waals surface area (Å²) >= 11 is 1.30. The van der Waals surface area contributed by atoms with E-state index in [4.69, 9.17) is 0 Å². The van der Waals surface area contributed by atoms with E-state index in [9.17, 15) is 8.42 Å². The van der Waals surface area contributed by atoms with E-state index < -0.39 is 10.0 Å². The number of nitrogens with zero attached hydrogens (tertiary/aromatic N) is 2. The first-order chi connectivity index (χ1) is 9.44. The molecule has 0 spiro atoms. The van der Waals surface area contributed by atoms with E-state index in [1.54, 1.807) is 30.1 Å². The quantitative estimate of drug-likeness (QED) is 0.833. The molecule has 0 aliphatic rings. The third kappa shape index (κ3) is 3.26. The summed E-state index contributed by atoms with van der Waals surface area (Å²) in [6.07, 6.45) is 1.64. The summed E-state index contributed by atoms with van der Waals surface area (Å²) in [7, 11) is 0.149. The van der Waals surface area contributed by atoms with Crippen LogP contribution in [0.3, 0.4) is 0 Å². The van der Waals surface area contributed by atoms with Crippen LogP contribution in [0.15, 0.2) is 22.5 Å². The molecule has 2 heterocycles. The average Bonchev–Trinajstić information content (AvgIpc) is 2.95. The number of hydrogen-bond acceptors (Lipinski definition) is 5. The fourth-order valence-corrected chi connectivity index (χ4v) is 4.42. The predicted octanol–water partition coefficient (Wildman–Crippen LogP) is 0.988. The van der Waals surface area contributed by atoms with Crippen molar-refractivity contribution in [2.24, 2.45) is 7.05 Å². The van der Waals surface area contributed by atoms with Gasteiger partial charge >= 0.3 is 0 Å². The Morgan fingerprint density at radius 3 is 2.75 bits per heavy atom. The van der Waals surface area contributed by atoms with Gasteiger partial charge in [-0.3, -0.25) is 4.68 Å². The van der Waals surface area contributed by atoms with E-state index >= 15 is 0 Å². The van der Waals surface area contributed by atoms with Crippen LogP contribution in [-0.4, -0.2) is 25.2 Å². The third-order valence-corrected chi connectivity index (χ3v) is 6.08. The summed E-state index contributed by atoms with van der Waals surface area (Å²) in [4.78, 5) is 1.04. The van der Waals surface area contributed by atoms with E-state index in [0.717, 1.165) is 16.1 Å². The molecule has 2 rings (SSSR count). The molecule has 0 aliphatic heterocycles. The van der Waals surface area contributed by atoms with Gasteiger partial charge in [0.15, 0.2) is 0 Å². The average molecular weight is 314 g/mol. The summed E-state index contributed by atoms with van der Waals surface area (Å²) in [6, 6.07) is 3.50. The van der Waals surface area contributed by atoms with Crippen LogP contribution < -0.4 is 10.0 Å². The van der Waals surface area contributed by atoms with E-state index in [2.05, 4.69) is 15.1 Å². The van der Waals surface area contributed by atoms with Crippen LogP contribution in [0.4, 0.5) is 0 Å². The van der Waals surface area contributed by atoms with Crippen molar-refractivity contribution in [1.82, 2.24) is 19.8 Å². The lowest BCUT2D eigenvalue weighted by molar-refractivity contribution is 0.579. The normalized spacial score (nSPS) is 11.9. The minimum Gasteiger partial charge on any atom is -0.315 e. The highest BCUT2D eigenvalue weighted by Gasteiger charge is 2.18. The van der Waals surface area contributed by atoms with Crippen molar-refractivity contribution in [3.8, 4) is 0 Å². The Balaban J connectivity index is 2.14. The molecule has 0 aromatic carbocycles. The Morgan fingerprint density at radius 2 is 2.15 bits per heavy atom. The van der Waals surface area contributed by atoms with Gasteiger partial charge in [-0.2, -0.15) is 5.10 Å². The Morgan fingerprint density at radius 1 is 1.40 bits per heavy atom. The minimum absolute atomic E-state index is 0.233. The molecule has 0 saturated carbocycles. The fourth-order valence-electron chi connectivity index (χ4n) is 1.77. The highest BCUT2D eigenvalue weighted by Crippen LogP contribution is 2.25. The first-order valence-electron chi connectivity index (χ1n) is 6.14. The van der Waals surface area contributed by atoms with Crippen molar-refractivity contribution in [2.45, 2.75) is 24.2 Å². The van der Waals surface area contributed by atoms with Crippen molar-refractivity contribution < 1.29 is 8.42 Å². The van der Waals surface area contributed by atoms with E-state index in [0.29, 0.717) is 10.8 Å². The van der Waals surface area contributed by atoms with Gasteiger partial charge in [-0.15, -0.1) is 11.3 Å². The zero-order valence-corrected chi connectivity index (χ0v) is 13.3. The molecule has 2 aromatic rings. The number of hydrogen-bond donors (Lipinski definition) is 2. The lowest BCUT2D eigenvalue weighted by Gasteiger charge is -2.05. The van der Waals surface area contributed by atoms with Gasteiger partial charge in [0.2, 0.25) is 10.0 Å². The van der Waals surface area contributed by atoms with Gasteiger partial charge in [0.1, 0.15) is 4.21 Å². The van der Waals surface area contributed by atoms with Crippen molar-refractivity contribution in [3.05, 3.63) is 34.5 Å².